The largest absolute Gasteiger partial charge is 0.372 e. The summed E-state index contributed by atoms with van der Waals surface area (Å²) in [5, 5.41) is 0. The van der Waals surface area contributed by atoms with E-state index in [0.717, 1.165) is 19.4 Å². The van der Waals surface area contributed by atoms with Crippen LogP contribution in [-0.4, -0.2) is 42.6 Å². The van der Waals surface area contributed by atoms with E-state index in [2.05, 4.69) is 6.92 Å². The molecule has 0 spiro atoms. The summed E-state index contributed by atoms with van der Waals surface area (Å²) in [6.45, 7) is 9.01. The summed E-state index contributed by atoms with van der Waals surface area (Å²) >= 11 is 0. The smallest absolute Gasteiger partial charge is 0.222 e. The molecule has 0 aromatic heterocycles. The van der Waals surface area contributed by atoms with Gasteiger partial charge in [0.05, 0.1) is 12.2 Å². The average Bonchev–Trinajstić information content (AvgIpc) is 2.25. The average molecular weight is 242 g/mol. The van der Waals surface area contributed by atoms with Crippen molar-refractivity contribution in [2.24, 2.45) is 11.7 Å². The van der Waals surface area contributed by atoms with E-state index in [1.165, 1.54) is 0 Å². The van der Waals surface area contributed by atoms with Gasteiger partial charge < -0.3 is 15.4 Å². The Kier molecular flexibility index (Phi) is 5.40. The van der Waals surface area contributed by atoms with Crippen LogP contribution in [0.15, 0.2) is 0 Å². The first-order valence-corrected chi connectivity index (χ1v) is 6.56. The molecule has 2 N–H and O–H groups in total. The fraction of sp³-hybridized carbons (Fsp3) is 0.923. The molecule has 4 heteroatoms. The molecule has 0 bridgehead atoms. The Balaban J connectivity index is 2.32. The molecule has 0 saturated carbocycles. The molecule has 1 saturated heterocycles. The second kappa shape index (κ2) is 6.36. The quantitative estimate of drug-likeness (QED) is 0.792. The minimum atomic E-state index is -0.198. The van der Waals surface area contributed by atoms with Crippen LogP contribution in [-0.2, 0) is 9.53 Å². The van der Waals surface area contributed by atoms with Crippen molar-refractivity contribution >= 4 is 5.91 Å². The highest BCUT2D eigenvalue weighted by atomic mass is 16.5. The first-order valence-electron chi connectivity index (χ1n) is 6.56. The topological polar surface area (TPSA) is 55.6 Å². The lowest BCUT2D eigenvalue weighted by molar-refractivity contribution is -0.146. The normalized spacial score (nSPS) is 21.3. The second-order valence-corrected chi connectivity index (χ2v) is 5.64. The molecule has 1 atom stereocenters. The molecule has 1 amide bonds. The van der Waals surface area contributed by atoms with Gasteiger partial charge >= 0.3 is 0 Å². The van der Waals surface area contributed by atoms with E-state index in [1.54, 1.807) is 0 Å². The molecule has 4 nitrogen and oxygen atoms in total. The molecule has 1 unspecified atom stereocenters. The fourth-order valence-electron chi connectivity index (χ4n) is 2.19. The number of amides is 1. The minimum Gasteiger partial charge on any atom is -0.372 e. The van der Waals surface area contributed by atoms with Gasteiger partial charge in [-0.1, -0.05) is 6.92 Å². The van der Waals surface area contributed by atoms with Crippen LogP contribution >= 0.6 is 0 Å². The Bertz CT molecular complexity index is 254. The summed E-state index contributed by atoms with van der Waals surface area (Å²) < 4.78 is 5.60. The molecule has 1 aliphatic rings. The third kappa shape index (κ3) is 5.04. The summed E-state index contributed by atoms with van der Waals surface area (Å²) in [7, 11) is 0. The highest BCUT2D eigenvalue weighted by Gasteiger charge is 2.29. The van der Waals surface area contributed by atoms with E-state index in [-0.39, 0.29) is 11.5 Å². The number of carbonyl (C=O) groups is 1. The molecule has 1 rings (SSSR count). The van der Waals surface area contributed by atoms with Gasteiger partial charge in [-0.25, -0.2) is 0 Å². The van der Waals surface area contributed by atoms with E-state index in [0.29, 0.717) is 32.0 Å². The van der Waals surface area contributed by atoms with Crippen molar-refractivity contribution in [1.82, 2.24) is 4.90 Å². The van der Waals surface area contributed by atoms with E-state index in [1.807, 2.05) is 18.7 Å². The van der Waals surface area contributed by atoms with Crippen molar-refractivity contribution in [3.8, 4) is 0 Å². The molecule has 0 aliphatic carbocycles. The molecule has 0 aromatic rings. The van der Waals surface area contributed by atoms with Gasteiger partial charge in [0.25, 0.3) is 0 Å². The van der Waals surface area contributed by atoms with Crippen LogP contribution in [0.3, 0.4) is 0 Å². The summed E-state index contributed by atoms with van der Waals surface area (Å²) in [5.74, 6) is 0.795. The van der Waals surface area contributed by atoms with E-state index >= 15 is 0 Å². The van der Waals surface area contributed by atoms with Crippen LogP contribution < -0.4 is 5.73 Å². The number of hydrogen-bond acceptors (Lipinski definition) is 3. The number of rotatable bonds is 5. The lowest BCUT2D eigenvalue weighted by Crippen LogP contribution is -2.50. The van der Waals surface area contributed by atoms with Crippen LogP contribution in [0.25, 0.3) is 0 Å². The highest BCUT2D eigenvalue weighted by molar-refractivity contribution is 5.76. The summed E-state index contributed by atoms with van der Waals surface area (Å²) in [5.41, 5.74) is 5.30. The van der Waals surface area contributed by atoms with Crippen LogP contribution in [0.4, 0.5) is 0 Å². The van der Waals surface area contributed by atoms with Gasteiger partial charge in [-0.3, -0.25) is 4.79 Å². The number of hydrogen-bond donors (Lipinski definition) is 1. The summed E-state index contributed by atoms with van der Waals surface area (Å²) in [6.07, 6.45) is 2.58. The van der Waals surface area contributed by atoms with E-state index in [9.17, 15) is 4.79 Å². The standard InChI is InChI=1S/C13H26N2O2/c1-11(6-7-14)4-5-12(16)15-8-9-17-13(2,3)10-15/h11H,4-10,14H2,1-3H3. The number of morpholine rings is 1. The lowest BCUT2D eigenvalue weighted by Gasteiger charge is -2.38. The zero-order valence-electron chi connectivity index (χ0n) is 11.4. The van der Waals surface area contributed by atoms with Gasteiger partial charge in [-0.15, -0.1) is 0 Å². The van der Waals surface area contributed by atoms with Crippen LogP contribution in [0.1, 0.15) is 40.0 Å². The molecule has 100 valence electrons. The Hall–Kier alpha value is -0.610. The molecular formula is C13H26N2O2. The van der Waals surface area contributed by atoms with Crippen molar-refractivity contribution in [1.29, 1.82) is 0 Å². The van der Waals surface area contributed by atoms with Gasteiger partial charge in [0.15, 0.2) is 0 Å². The maximum absolute atomic E-state index is 12.0. The molecule has 0 aromatic carbocycles. The maximum Gasteiger partial charge on any atom is 0.222 e. The van der Waals surface area contributed by atoms with Crippen LogP contribution in [0.5, 0.6) is 0 Å². The number of carbonyl (C=O) groups excluding carboxylic acids is 1. The zero-order chi connectivity index (χ0) is 12.9. The lowest BCUT2D eigenvalue weighted by atomic mass is 10.0. The Morgan fingerprint density at radius 2 is 2.18 bits per heavy atom. The first kappa shape index (κ1) is 14.5. The van der Waals surface area contributed by atoms with E-state index < -0.39 is 0 Å². The van der Waals surface area contributed by atoms with Crippen molar-refractivity contribution in [3.63, 3.8) is 0 Å². The van der Waals surface area contributed by atoms with Gasteiger partial charge in [0.2, 0.25) is 5.91 Å². The third-order valence-corrected chi connectivity index (χ3v) is 3.29. The van der Waals surface area contributed by atoms with Gasteiger partial charge in [0, 0.05) is 19.5 Å². The number of nitrogens with two attached hydrogens (primary N) is 1. The number of nitrogens with zero attached hydrogens (tertiary/aromatic N) is 1. The molecule has 1 fully saturated rings. The Morgan fingerprint density at radius 1 is 1.47 bits per heavy atom. The van der Waals surface area contributed by atoms with Crippen LogP contribution in [0.2, 0.25) is 0 Å². The van der Waals surface area contributed by atoms with Crippen molar-refractivity contribution in [2.45, 2.75) is 45.6 Å². The third-order valence-electron chi connectivity index (χ3n) is 3.29. The Labute approximate surface area is 104 Å². The van der Waals surface area contributed by atoms with Crippen molar-refractivity contribution in [3.05, 3.63) is 0 Å². The van der Waals surface area contributed by atoms with Gasteiger partial charge in [-0.2, -0.15) is 0 Å². The monoisotopic (exact) mass is 242 g/mol. The van der Waals surface area contributed by atoms with Crippen molar-refractivity contribution in [2.75, 3.05) is 26.2 Å². The summed E-state index contributed by atoms with van der Waals surface area (Å²) in [4.78, 5) is 14.0. The maximum atomic E-state index is 12.0. The molecule has 1 aliphatic heterocycles. The minimum absolute atomic E-state index is 0.198. The predicted molar refractivity (Wildman–Crippen MR) is 68.7 cm³/mol. The molecular weight excluding hydrogens is 216 g/mol. The summed E-state index contributed by atoms with van der Waals surface area (Å²) in [6, 6.07) is 0. The van der Waals surface area contributed by atoms with Crippen molar-refractivity contribution < 1.29 is 9.53 Å². The zero-order valence-corrected chi connectivity index (χ0v) is 11.4. The molecule has 17 heavy (non-hydrogen) atoms. The second-order valence-electron chi connectivity index (χ2n) is 5.64. The number of ether oxygens (including phenoxy) is 1. The van der Waals surface area contributed by atoms with Gasteiger partial charge in [-0.05, 0) is 39.2 Å². The molecule has 1 heterocycles. The predicted octanol–water partition coefficient (Wildman–Crippen LogP) is 1.39. The van der Waals surface area contributed by atoms with Gasteiger partial charge in [0.1, 0.15) is 0 Å². The SMILES string of the molecule is CC(CCN)CCC(=O)N1CCOC(C)(C)C1. The first-order chi connectivity index (χ1) is 7.94. The Morgan fingerprint density at radius 3 is 2.76 bits per heavy atom. The van der Waals surface area contributed by atoms with E-state index in [4.69, 9.17) is 10.5 Å². The van der Waals surface area contributed by atoms with Crippen LogP contribution in [0, 0.1) is 5.92 Å². The highest BCUT2D eigenvalue weighted by Crippen LogP contribution is 2.18. The fourth-order valence-corrected chi connectivity index (χ4v) is 2.19. The molecule has 0 radical (unpaired) electrons.